The van der Waals surface area contributed by atoms with E-state index in [0.717, 1.165) is 6.07 Å². The first-order chi connectivity index (χ1) is 16.0. The third-order valence-corrected chi connectivity index (χ3v) is 6.86. The molecule has 1 atom stereocenters. The van der Waals surface area contributed by atoms with Crippen molar-refractivity contribution in [2.24, 2.45) is 10.5 Å². The predicted octanol–water partition coefficient (Wildman–Crippen LogP) is 3.24. The van der Waals surface area contributed by atoms with E-state index in [9.17, 15) is 22.4 Å². The van der Waals surface area contributed by atoms with Crippen LogP contribution in [0.2, 0.25) is 5.02 Å². The third-order valence-electron chi connectivity index (χ3n) is 6.55. The first kappa shape index (κ1) is 23.4. The molecule has 13 heteroatoms. The minimum Gasteiger partial charge on any atom is -0.484 e. The molecule has 0 aromatic heterocycles. The second-order valence-corrected chi connectivity index (χ2v) is 9.68. The van der Waals surface area contributed by atoms with Crippen LogP contribution in [0.3, 0.4) is 0 Å². The average molecular weight is 508 g/mol. The van der Waals surface area contributed by atoms with Gasteiger partial charge in [-0.3, -0.25) is 15.0 Å². The Kier molecular flexibility index (Phi) is 5.80. The van der Waals surface area contributed by atoms with Crippen LogP contribution in [0, 0.1) is 11.2 Å². The van der Waals surface area contributed by atoms with Gasteiger partial charge in [-0.1, -0.05) is 11.6 Å². The van der Waals surface area contributed by atoms with E-state index >= 15 is 0 Å². The number of benzene rings is 1. The van der Waals surface area contributed by atoms with Crippen molar-refractivity contribution in [2.45, 2.75) is 62.4 Å². The quantitative estimate of drug-likeness (QED) is 0.499. The van der Waals surface area contributed by atoms with E-state index in [0.29, 0.717) is 25.2 Å². The van der Waals surface area contributed by atoms with E-state index in [4.69, 9.17) is 25.8 Å². The molecule has 1 amide bonds. The van der Waals surface area contributed by atoms with Crippen LogP contribution >= 0.6 is 11.6 Å². The SMILES string of the molecule is O=C(COc1ccc(Cl)c(F)c1)NC12CC(C3=NNC(COC4CC(OC(F)(F)F)C4)O3)(C1)C2. The summed E-state index contributed by atoms with van der Waals surface area (Å²) >= 11 is 5.62. The fourth-order valence-corrected chi connectivity index (χ4v) is 5.11. The lowest BCUT2D eigenvalue weighted by molar-refractivity contribution is -0.357. The summed E-state index contributed by atoms with van der Waals surface area (Å²) < 4.78 is 70.6. The van der Waals surface area contributed by atoms with Gasteiger partial charge in [-0.05, 0) is 31.4 Å². The van der Waals surface area contributed by atoms with Crippen molar-refractivity contribution in [3.63, 3.8) is 0 Å². The molecule has 0 saturated heterocycles. The van der Waals surface area contributed by atoms with Crippen molar-refractivity contribution < 1.29 is 41.3 Å². The number of amides is 1. The van der Waals surface area contributed by atoms with Gasteiger partial charge in [0, 0.05) is 24.4 Å². The molecular formula is C21H22ClF4N3O5. The van der Waals surface area contributed by atoms with E-state index in [1.165, 1.54) is 12.1 Å². The smallest absolute Gasteiger partial charge is 0.484 e. The maximum Gasteiger partial charge on any atom is 0.522 e. The monoisotopic (exact) mass is 507 g/mol. The summed E-state index contributed by atoms with van der Waals surface area (Å²) in [6.45, 7) is -0.0960. The molecule has 1 aliphatic heterocycles. The van der Waals surface area contributed by atoms with E-state index in [2.05, 4.69) is 20.6 Å². The topological polar surface area (TPSA) is 90.4 Å². The number of carbonyl (C=O) groups is 1. The summed E-state index contributed by atoms with van der Waals surface area (Å²) in [7, 11) is 0. The number of ether oxygens (including phenoxy) is 4. The van der Waals surface area contributed by atoms with Crippen molar-refractivity contribution in [1.82, 2.24) is 10.7 Å². The zero-order valence-electron chi connectivity index (χ0n) is 17.8. The van der Waals surface area contributed by atoms with Crippen molar-refractivity contribution in [3.8, 4) is 5.75 Å². The van der Waals surface area contributed by atoms with E-state index in [-0.39, 0.29) is 59.8 Å². The fraction of sp³-hybridized carbons (Fsp3) is 0.619. The van der Waals surface area contributed by atoms with Crippen molar-refractivity contribution in [2.75, 3.05) is 13.2 Å². The van der Waals surface area contributed by atoms with Crippen LogP contribution in [-0.2, 0) is 19.0 Å². The number of hydrazone groups is 1. The predicted molar refractivity (Wildman–Crippen MR) is 109 cm³/mol. The van der Waals surface area contributed by atoms with Crippen LogP contribution in [0.25, 0.3) is 0 Å². The van der Waals surface area contributed by atoms with E-state index in [1.807, 2.05) is 0 Å². The largest absolute Gasteiger partial charge is 0.522 e. The highest BCUT2D eigenvalue weighted by atomic mass is 35.5. The summed E-state index contributed by atoms with van der Waals surface area (Å²) in [4.78, 5) is 12.2. The van der Waals surface area contributed by atoms with Crippen LogP contribution in [0.1, 0.15) is 32.1 Å². The summed E-state index contributed by atoms with van der Waals surface area (Å²) in [5.74, 6) is -0.167. The molecule has 1 aromatic rings. The molecule has 4 fully saturated rings. The van der Waals surface area contributed by atoms with Gasteiger partial charge in [0.05, 0.1) is 22.6 Å². The number of alkyl halides is 3. The molecule has 186 valence electrons. The lowest BCUT2D eigenvalue weighted by atomic mass is 9.39. The molecule has 2 N–H and O–H groups in total. The number of hydrogen-bond acceptors (Lipinski definition) is 7. The normalized spacial score (nSPS) is 33.4. The van der Waals surface area contributed by atoms with Crippen molar-refractivity contribution in [1.29, 1.82) is 0 Å². The zero-order chi connectivity index (χ0) is 24.1. The van der Waals surface area contributed by atoms with Gasteiger partial charge in [0.25, 0.3) is 5.91 Å². The summed E-state index contributed by atoms with van der Waals surface area (Å²) in [5.41, 5.74) is 2.27. The summed E-state index contributed by atoms with van der Waals surface area (Å²) in [6.07, 6.45) is -3.91. The first-order valence-corrected chi connectivity index (χ1v) is 11.2. The van der Waals surface area contributed by atoms with Crippen LogP contribution in [-0.4, -0.2) is 55.4 Å². The van der Waals surface area contributed by atoms with Gasteiger partial charge < -0.3 is 19.5 Å². The van der Waals surface area contributed by atoms with Crippen LogP contribution < -0.4 is 15.5 Å². The Hall–Kier alpha value is -2.31. The molecule has 6 rings (SSSR count). The molecule has 1 unspecified atom stereocenters. The van der Waals surface area contributed by atoms with Gasteiger partial charge in [0.15, 0.2) is 6.61 Å². The minimum absolute atomic E-state index is 0.0245. The van der Waals surface area contributed by atoms with E-state index in [1.54, 1.807) is 0 Å². The van der Waals surface area contributed by atoms with E-state index < -0.39 is 24.5 Å². The summed E-state index contributed by atoms with van der Waals surface area (Å²) in [5, 5.41) is 7.18. The highest BCUT2D eigenvalue weighted by Crippen LogP contribution is 2.68. The number of hydrogen-bond donors (Lipinski definition) is 2. The zero-order valence-corrected chi connectivity index (χ0v) is 18.5. The number of nitrogens with zero attached hydrogens (tertiary/aromatic N) is 1. The standard InChI is InChI=1S/C21H22ClF4N3O5/c22-14-2-1-11(5-15(14)23)31-6-16(30)27-20-8-19(9-20,10-20)18-29-28-17(33-18)7-32-12-3-13(4-12)34-21(24,25)26/h1-2,5,12-13,17,28H,3-4,6-10H2,(H,27,30). The molecule has 1 heterocycles. The van der Waals surface area contributed by atoms with Crippen LogP contribution in [0.15, 0.2) is 23.3 Å². The number of carbonyl (C=O) groups excluding carboxylic acids is 1. The molecule has 34 heavy (non-hydrogen) atoms. The van der Waals surface area contributed by atoms with Crippen LogP contribution in [0.5, 0.6) is 5.75 Å². The number of rotatable bonds is 9. The van der Waals surface area contributed by atoms with Gasteiger partial charge >= 0.3 is 6.36 Å². The van der Waals surface area contributed by atoms with Crippen molar-refractivity contribution in [3.05, 3.63) is 29.0 Å². The second kappa shape index (κ2) is 8.42. The number of halogens is 5. The molecule has 4 saturated carbocycles. The Morgan fingerprint density at radius 3 is 2.68 bits per heavy atom. The molecular weight excluding hydrogens is 486 g/mol. The molecule has 4 aliphatic carbocycles. The number of nitrogens with one attached hydrogen (secondary N) is 2. The second-order valence-electron chi connectivity index (χ2n) is 9.27. The van der Waals surface area contributed by atoms with Crippen molar-refractivity contribution >= 4 is 23.4 Å². The van der Waals surface area contributed by atoms with Crippen LogP contribution in [0.4, 0.5) is 17.6 Å². The molecule has 0 radical (unpaired) electrons. The van der Waals surface area contributed by atoms with Gasteiger partial charge in [-0.2, -0.15) is 0 Å². The molecule has 2 bridgehead atoms. The minimum atomic E-state index is -4.63. The average Bonchev–Trinajstić information content (AvgIpc) is 3.14. The maximum absolute atomic E-state index is 13.5. The Morgan fingerprint density at radius 1 is 1.26 bits per heavy atom. The maximum atomic E-state index is 13.5. The lowest BCUT2D eigenvalue weighted by Crippen LogP contribution is -2.77. The molecule has 5 aliphatic rings. The Labute approximate surface area is 196 Å². The van der Waals surface area contributed by atoms with Gasteiger partial charge in [-0.15, -0.1) is 18.3 Å². The van der Waals surface area contributed by atoms with Gasteiger partial charge in [-0.25, -0.2) is 4.39 Å². The molecule has 0 spiro atoms. The highest BCUT2D eigenvalue weighted by molar-refractivity contribution is 6.30. The van der Waals surface area contributed by atoms with Gasteiger partial charge in [0.2, 0.25) is 12.1 Å². The Bertz CT molecular complexity index is 981. The lowest BCUT2D eigenvalue weighted by Gasteiger charge is -2.69. The highest BCUT2D eigenvalue weighted by Gasteiger charge is 2.72. The Morgan fingerprint density at radius 2 is 2.00 bits per heavy atom. The fourth-order valence-electron chi connectivity index (χ4n) is 4.99. The van der Waals surface area contributed by atoms with Gasteiger partial charge in [0.1, 0.15) is 18.2 Å². The molecule has 8 nitrogen and oxygen atoms in total. The molecule has 1 aromatic carbocycles. The third kappa shape index (κ3) is 4.76. The summed E-state index contributed by atoms with van der Waals surface area (Å²) in [6, 6.07) is 3.96. The first-order valence-electron chi connectivity index (χ1n) is 10.8. The Balaban J connectivity index is 0.987.